The Bertz CT molecular complexity index is 1290. The minimum absolute atomic E-state index is 0.0197. The maximum absolute atomic E-state index is 14.4. The normalized spacial score (nSPS) is 25.8. The van der Waals surface area contributed by atoms with Gasteiger partial charge in [-0.15, -0.1) is 0 Å². The Morgan fingerprint density at radius 3 is 2.58 bits per heavy atom. The summed E-state index contributed by atoms with van der Waals surface area (Å²) in [6, 6.07) is 3.57. The van der Waals surface area contributed by atoms with Gasteiger partial charge in [0, 0.05) is 37.1 Å². The van der Waals surface area contributed by atoms with Gasteiger partial charge in [0.1, 0.15) is 23.1 Å². The minimum atomic E-state index is -3.28. The first kappa shape index (κ1) is 24.5. The van der Waals surface area contributed by atoms with Gasteiger partial charge in [-0.2, -0.15) is 4.98 Å². The van der Waals surface area contributed by atoms with Gasteiger partial charge in [0.2, 0.25) is 5.95 Å². The molecule has 11 heteroatoms. The fourth-order valence-corrected chi connectivity index (χ4v) is 4.67. The highest BCUT2D eigenvalue weighted by Crippen LogP contribution is 2.38. The number of nitrogens with zero attached hydrogens (tertiary/aromatic N) is 6. The lowest BCUT2D eigenvalue weighted by Crippen LogP contribution is -2.59. The maximum Gasteiger partial charge on any atom is 0.293 e. The third-order valence-electron chi connectivity index (χ3n) is 7.34. The zero-order valence-corrected chi connectivity index (χ0v) is 20.8. The molecular weight excluding hydrogens is 468 g/mol. The summed E-state index contributed by atoms with van der Waals surface area (Å²) >= 11 is 0. The predicted octanol–water partition coefficient (Wildman–Crippen LogP) is 3.45. The van der Waals surface area contributed by atoms with Gasteiger partial charge in [0.05, 0.1) is 18.7 Å². The van der Waals surface area contributed by atoms with Crippen molar-refractivity contribution in [2.45, 2.75) is 63.7 Å². The molecule has 5 heterocycles. The number of rotatable bonds is 5. The molecule has 5 rings (SSSR count). The third-order valence-corrected chi connectivity index (χ3v) is 7.34. The average molecular weight is 500 g/mol. The van der Waals surface area contributed by atoms with Crippen LogP contribution in [-0.2, 0) is 0 Å². The van der Waals surface area contributed by atoms with E-state index in [0.29, 0.717) is 18.2 Å². The molecule has 2 aliphatic rings. The van der Waals surface area contributed by atoms with E-state index in [2.05, 4.69) is 44.0 Å². The number of anilines is 4. The molecule has 0 saturated carbocycles. The van der Waals surface area contributed by atoms with Gasteiger partial charge < -0.3 is 25.3 Å². The van der Waals surface area contributed by atoms with Gasteiger partial charge in [0.15, 0.2) is 0 Å². The summed E-state index contributed by atoms with van der Waals surface area (Å²) in [6.45, 7) is 7.41. The highest BCUT2D eigenvalue weighted by molar-refractivity contribution is 5.96. The zero-order valence-electron chi connectivity index (χ0n) is 20.8. The summed E-state index contributed by atoms with van der Waals surface area (Å²) in [4.78, 5) is 21.3. The van der Waals surface area contributed by atoms with E-state index in [9.17, 15) is 19.0 Å². The molecule has 2 aliphatic heterocycles. The summed E-state index contributed by atoms with van der Waals surface area (Å²) in [5.74, 6) is -1.12. The second kappa shape index (κ2) is 8.74. The van der Waals surface area contributed by atoms with Crippen LogP contribution >= 0.6 is 0 Å². The van der Waals surface area contributed by atoms with E-state index >= 15 is 0 Å². The smallest absolute Gasteiger partial charge is 0.293 e. The van der Waals surface area contributed by atoms with Crippen molar-refractivity contribution in [3.63, 3.8) is 0 Å². The highest BCUT2D eigenvalue weighted by Gasteiger charge is 2.53. The number of pyridine rings is 2. The fourth-order valence-electron chi connectivity index (χ4n) is 4.67. The molecule has 0 amide bonds. The molecule has 9 nitrogen and oxygen atoms in total. The topological polar surface area (TPSA) is 111 Å². The lowest BCUT2D eigenvalue weighted by Gasteiger charge is -2.44. The Balaban J connectivity index is 1.43. The number of halogens is 2. The fraction of sp³-hybridized carbons (Fsp3) is 0.520. The van der Waals surface area contributed by atoms with Crippen molar-refractivity contribution in [2.24, 2.45) is 0 Å². The van der Waals surface area contributed by atoms with E-state index in [1.165, 1.54) is 11.1 Å². The molecule has 2 fully saturated rings. The Morgan fingerprint density at radius 2 is 1.92 bits per heavy atom. The predicted molar refractivity (Wildman–Crippen MR) is 134 cm³/mol. The van der Waals surface area contributed by atoms with Gasteiger partial charge in [-0.1, -0.05) is 13.8 Å². The molecule has 0 unspecified atom stereocenters. The lowest BCUT2D eigenvalue weighted by molar-refractivity contribution is -0.177. The molecule has 3 aromatic rings. The van der Waals surface area contributed by atoms with Gasteiger partial charge in [-0.25, -0.2) is 23.7 Å². The third kappa shape index (κ3) is 4.20. The summed E-state index contributed by atoms with van der Waals surface area (Å²) in [7, 11) is 0. The number of piperidine rings is 1. The number of hydrogen-bond donors (Lipinski definition) is 3. The van der Waals surface area contributed by atoms with Crippen LogP contribution in [0.2, 0.25) is 0 Å². The van der Waals surface area contributed by atoms with Crippen molar-refractivity contribution in [2.75, 3.05) is 34.8 Å². The second-order valence-electron chi connectivity index (χ2n) is 10.3. The van der Waals surface area contributed by atoms with Crippen molar-refractivity contribution in [1.82, 2.24) is 19.9 Å². The van der Waals surface area contributed by atoms with E-state index < -0.39 is 18.1 Å². The first-order valence-corrected chi connectivity index (χ1v) is 12.2. The summed E-state index contributed by atoms with van der Waals surface area (Å²) < 4.78 is 28.8. The summed E-state index contributed by atoms with van der Waals surface area (Å²) in [6.07, 6.45) is 4.68. The Hall–Kier alpha value is -3.18. The first-order valence-electron chi connectivity index (χ1n) is 12.2. The van der Waals surface area contributed by atoms with Gasteiger partial charge in [-0.3, -0.25) is 0 Å². The Labute approximate surface area is 208 Å². The largest absolute Gasteiger partial charge is 0.389 e. The van der Waals surface area contributed by atoms with Crippen LogP contribution in [0.5, 0.6) is 0 Å². The molecule has 36 heavy (non-hydrogen) atoms. The molecule has 0 bridgehead atoms. The number of fused-ring (bicyclic) bond motifs is 1. The molecule has 3 atom stereocenters. The van der Waals surface area contributed by atoms with Crippen LogP contribution in [0.4, 0.5) is 32.2 Å². The van der Waals surface area contributed by atoms with Crippen molar-refractivity contribution in [1.29, 1.82) is 0 Å². The summed E-state index contributed by atoms with van der Waals surface area (Å²) in [5, 5.41) is 25.0. The van der Waals surface area contributed by atoms with E-state index in [1.54, 1.807) is 12.3 Å². The molecule has 0 aliphatic carbocycles. The van der Waals surface area contributed by atoms with Crippen LogP contribution in [0.15, 0.2) is 30.7 Å². The van der Waals surface area contributed by atoms with Crippen molar-refractivity contribution >= 4 is 34.2 Å². The minimum Gasteiger partial charge on any atom is -0.389 e. The van der Waals surface area contributed by atoms with Crippen LogP contribution in [0.1, 0.15) is 45.6 Å². The molecule has 2 saturated heterocycles. The number of nitrogens with one attached hydrogen (secondary N) is 1. The molecule has 3 N–H and O–H groups in total. The van der Waals surface area contributed by atoms with Gasteiger partial charge in [0.25, 0.3) is 5.92 Å². The number of alkyl halides is 2. The molecular formula is C25H31F2N7O2. The number of aliphatic hydroxyl groups is 2. The quantitative estimate of drug-likeness (QED) is 0.486. The zero-order chi connectivity index (χ0) is 25.8. The summed E-state index contributed by atoms with van der Waals surface area (Å²) in [5.41, 5.74) is -0.985. The van der Waals surface area contributed by atoms with Crippen LogP contribution < -0.4 is 15.1 Å². The molecule has 3 aromatic heterocycles. The van der Waals surface area contributed by atoms with E-state index in [1.807, 2.05) is 19.2 Å². The number of hydrogen-bond acceptors (Lipinski definition) is 9. The monoisotopic (exact) mass is 499 g/mol. The van der Waals surface area contributed by atoms with Crippen LogP contribution in [0, 0.1) is 0 Å². The maximum atomic E-state index is 14.4. The van der Waals surface area contributed by atoms with Crippen LogP contribution in [-0.4, -0.2) is 73.5 Å². The van der Waals surface area contributed by atoms with E-state index in [4.69, 9.17) is 0 Å². The van der Waals surface area contributed by atoms with E-state index in [-0.39, 0.29) is 37.0 Å². The SMILES string of the molecule is CC(C)c1cnc(N2C[C@H](O)[C@H]2C)c2cnc(Nc3ccnc(N4CC[C@](C)(O)C(F)(F)C4)n3)cc12. The van der Waals surface area contributed by atoms with Crippen molar-refractivity contribution < 1.29 is 19.0 Å². The van der Waals surface area contributed by atoms with E-state index in [0.717, 1.165) is 29.1 Å². The standard InChI is InChI=1S/C25H31F2N7O2/c1-14(2)17-10-30-22(34-12-19(35)15(34)3)18-11-29-21(9-16(17)18)31-20-5-7-28-23(32-20)33-8-6-24(4,36)25(26,27)13-33/h5,7,9-11,14-15,19,35-36H,6,8,12-13H2,1-4H3,(H,28,29,31,32)/t15-,19+,24+/m1/s1. The van der Waals surface area contributed by atoms with Gasteiger partial charge in [-0.05, 0) is 49.3 Å². The number of aromatic nitrogens is 4. The molecule has 0 aromatic carbocycles. The average Bonchev–Trinajstić information content (AvgIpc) is 2.83. The Morgan fingerprint density at radius 1 is 1.14 bits per heavy atom. The second-order valence-corrected chi connectivity index (χ2v) is 10.3. The highest BCUT2D eigenvalue weighted by atomic mass is 19.3. The first-order chi connectivity index (χ1) is 17.0. The number of aliphatic hydroxyl groups excluding tert-OH is 1. The Kier molecular flexibility index (Phi) is 5.95. The molecule has 0 spiro atoms. The van der Waals surface area contributed by atoms with Crippen molar-refractivity contribution in [3.05, 3.63) is 36.3 Å². The molecule has 0 radical (unpaired) electrons. The van der Waals surface area contributed by atoms with Crippen molar-refractivity contribution in [3.8, 4) is 0 Å². The van der Waals surface area contributed by atoms with Crippen LogP contribution in [0.3, 0.4) is 0 Å². The lowest BCUT2D eigenvalue weighted by atomic mass is 9.90. The number of β-amino-alcohol motifs (C(OH)–C–C–N with tert-alkyl or cyclic N) is 1. The van der Waals surface area contributed by atoms with Crippen LogP contribution in [0.25, 0.3) is 10.8 Å². The van der Waals surface area contributed by atoms with Gasteiger partial charge >= 0.3 is 0 Å². The molecule has 192 valence electrons.